The fourth-order valence-corrected chi connectivity index (χ4v) is 2.53. The second kappa shape index (κ2) is 6.60. The molecule has 0 saturated heterocycles. The lowest BCUT2D eigenvalue weighted by molar-refractivity contribution is 0.102. The Hall–Kier alpha value is -3.81. The normalized spacial score (nSPS) is 10.7. The Balaban J connectivity index is 1.52. The van der Waals surface area contributed by atoms with Crippen LogP contribution < -0.4 is 5.32 Å². The first-order valence-electron chi connectivity index (χ1n) is 7.97. The molecule has 0 saturated carbocycles. The first kappa shape index (κ1) is 15.7. The van der Waals surface area contributed by atoms with E-state index in [9.17, 15) is 4.79 Å². The Kier molecular flexibility index (Phi) is 3.98. The van der Waals surface area contributed by atoms with Gasteiger partial charge in [-0.1, -0.05) is 42.0 Å². The number of nitrogens with one attached hydrogen (secondary N) is 3. The number of hydrogen-bond donors (Lipinski definition) is 3. The third kappa shape index (κ3) is 3.20. The third-order valence-electron chi connectivity index (χ3n) is 3.91. The van der Waals surface area contributed by atoms with E-state index in [1.54, 1.807) is 18.2 Å². The number of benzene rings is 2. The van der Waals surface area contributed by atoms with Crippen molar-refractivity contribution >= 4 is 11.6 Å². The highest BCUT2D eigenvalue weighted by Crippen LogP contribution is 2.21. The molecule has 8 nitrogen and oxygen atoms in total. The summed E-state index contributed by atoms with van der Waals surface area (Å²) in [6.07, 6.45) is 0. The monoisotopic (exact) mass is 345 g/mol. The lowest BCUT2D eigenvalue weighted by Gasteiger charge is -2.04. The smallest absolute Gasteiger partial charge is 0.273 e. The highest BCUT2D eigenvalue weighted by atomic mass is 16.1. The average molecular weight is 345 g/mol. The minimum absolute atomic E-state index is 0.274. The van der Waals surface area contributed by atoms with Gasteiger partial charge < -0.3 is 5.32 Å². The molecule has 0 unspecified atom stereocenters. The molecule has 2 aromatic carbocycles. The maximum Gasteiger partial charge on any atom is 0.273 e. The Morgan fingerprint density at radius 3 is 2.62 bits per heavy atom. The number of H-pyrrole nitrogens is 2. The number of aromatic amines is 2. The summed E-state index contributed by atoms with van der Waals surface area (Å²) < 4.78 is 0. The molecular weight excluding hydrogens is 330 g/mol. The van der Waals surface area contributed by atoms with E-state index in [0.29, 0.717) is 17.2 Å². The van der Waals surface area contributed by atoms with Crippen molar-refractivity contribution in [3.8, 4) is 22.6 Å². The van der Waals surface area contributed by atoms with Crippen molar-refractivity contribution < 1.29 is 4.79 Å². The zero-order valence-corrected chi connectivity index (χ0v) is 13.9. The first-order chi connectivity index (χ1) is 12.7. The zero-order valence-electron chi connectivity index (χ0n) is 13.9. The number of nitrogens with zero attached hydrogens (tertiary/aromatic N) is 4. The summed E-state index contributed by atoms with van der Waals surface area (Å²) in [5, 5.41) is 23.5. The van der Waals surface area contributed by atoms with Crippen LogP contribution in [-0.4, -0.2) is 36.7 Å². The van der Waals surface area contributed by atoms with Gasteiger partial charge in [-0.25, -0.2) is 5.10 Å². The third-order valence-corrected chi connectivity index (χ3v) is 3.91. The van der Waals surface area contributed by atoms with Crippen molar-refractivity contribution in [1.29, 1.82) is 0 Å². The standard InChI is InChI=1S/C18H15N7O/c1-11-5-7-12(8-6-11)15-10-16(21-20-15)18(26)19-14-4-2-3-13(9-14)17-22-24-25-23-17/h2-10H,1H3,(H,19,26)(H,20,21)(H,22,23,24,25). The molecule has 26 heavy (non-hydrogen) atoms. The van der Waals surface area contributed by atoms with E-state index in [0.717, 1.165) is 16.8 Å². The summed E-state index contributed by atoms with van der Waals surface area (Å²) in [6.45, 7) is 2.02. The Labute approximate surface area is 148 Å². The molecule has 0 radical (unpaired) electrons. The number of carbonyl (C=O) groups excluding carboxylic acids is 1. The van der Waals surface area contributed by atoms with Gasteiger partial charge >= 0.3 is 0 Å². The van der Waals surface area contributed by atoms with Gasteiger partial charge in [0.2, 0.25) is 0 Å². The number of aryl methyl sites for hydroxylation is 1. The number of tetrazole rings is 1. The molecule has 0 spiro atoms. The van der Waals surface area contributed by atoms with E-state index < -0.39 is 0 Å². The molecule has 0 aliphatic rings. The van der Waals surface area contributed by atoms with Crippen LogP contribution in [0.15, 0.2) is 54.6 Å². The number of amides is 1. The molecule has 0 fully saturated rings. The molecule has 4 rings (SSSR count). The summed E-state index contributed by atoms with van der Waals surface area (Å²) in [5.74, 6) is 0.257. The van der Waals surface area contributed by atoms with Crippen molar-refractivity contribution in [2.75, 3.05) is 5.32 Å². The summed E-state index contributed by atoms with van der Waals surface area (Å²) >= 11 is 0. The van der Waals surface area contributed by atoms with Crippen LogP contribution in [0.3, 0.4) is 0 Å². The summed E-state index contributed by atoms with van der Waals surface area (Å²) in [7, 11) is 0. The second-order valence-electron chi connectivity index (χ2n) is 5.82. The van der Waals surface area contributed by atoms with E-state index in [4.69, 9.17) is 0 Å². The van der Waals surface area contributed by atoms with Gasteiger partial charge in [0, 0.05) is 16.8 Å². The van der Waals surface area contributed by atoms with Crippen molar-refractivity contribution in [3.05, 3.63) is 65.9 Å². The van der Waals surface area contributed by atoms with Crippen LogP contribution >= 0.6 is 0 Å². The van der Waals surface area contributed by atoms with Gasteiger partial charge in [0.25, 0.3) is 5.91 Å². The van der Waals surface area contributed by atoms with Crippen LogP contribution in [0.2, 0.25) is 0 Å². The molecule has 1 amide bonds. The Morgan fingerprint density at radius 2 is 1.85 bits per heavy atom. The fraction of sp³-hybridized carbons (Fsp3) is 0.0556. The number of hydrogen-bond acceptors (Lipinski definition) is 5. The molecule has 128 valence electrons. The highest BCUT2D eigenvalue weighted by Gasteiger charge is 2.12. The van der Waals surface area contributed by atoms with Gasteiger partial charge in [0.05, 0.1) is 5.69 Å². The fourth-order valence-electron chi connectivity index (χ4n) is 2.53. The maximum absolute atomic E-state index is 12.5. The van der Waals surface area contributed by atoms with Crippen LogP contribution in [0.5, 0.6) is 0 Å². The molecule has 4 aromatic rings. The quantitative estimate of drug-likeness (QED) is 0.526. The largest absolute Gasteiger partial charge is 0.321 e. The summed E-state index contributed by atoms with van der Waals surface area (Å²) in [6, 6.07) is 16.9. The van der Waals surface area contributed by atoms with E-state index in [1.807, 2.05) is 43.3 Å². The molecule has 8 heteroatoms. The zero-order chi connectivity index (χ0) is 17.9. The van der Waals surface area contributed by atoms with Crippen LogP contribution in [-0.2, 0) is 0 Å². The second-order valence-corrected chi connectivity index (χ2v) is 5.82. The molecule has 2 heterocycles. The van der Waals surface area contributed by atoms with E-state index in [-0.39, 0.29) is 5.91 Å². The predicted molar refractivity (Wildman–Crippen MR) is 96.3 cm³/mol. The first-order valence-corrected chi connectivity index (χ1v) is 7.97. The minimum Gasteiger partial charge on any atom is -0.321 e. The van der Waals surface area contributed by atoms with Gasteiger partial charge in [-0.3, -0.25) is 9.89 Å². The van der Waals surface area contributed by atoms with Gasteiger partial charge in [0.15, 0.2) is 5.82 Å². The van der Waals surface area contributed by atoms with Gasteiger partial charge in [0.1, 0.15) is 5.69 Å². The lowest BCUT2D eigenvalue weighted by atomic mass is 10.1. The van der Waals surface area contributed by atoms with Crippen molar-refractivity contribution in [2.45, 2.75) is 6.92 Å². The molecule has 0 bridgehead atoms. The summed E-state index contributed by atoms with van der Waals surface area (Å²) in [4.78, 5) is 12.5. The lowest BCUT2D eigenvalue weighted by Crippen LogP contribution is -2.12. The predicted octanol–water partition coefficient (Wildman–Crippen LogP) is 2.82. The Bertz CT molecular complexity index is 1040. The maximum atomic E-state index is 12.5. The molecule has 3 N–H and O–H groups in total. The van der Waals surface area contributed by atoms with Gasteiger partial charge in [-0.2, -0.15) is 5.10 Å². The van der Waals surface area contributed by atoms with Crippen LogP contribution in [0.4, 0.5) is 5.69 Å². The summed E-state index contributed by atoms with van der Waals surface area (Å²) in [5.41, 5.74) is 4.63. The SMILES string of the molecule is Cc1ccc(-c2cc(C(=O)Nc3cccc(-c4nnn[nH]4)c3)[nH]n2)cc1. The van der Waals surface area contributed by atoms with Crippen molar-refractivity contribution in [1.82, 2.24) is 30.8 Å². The molecule has 0 aliphatic heterocycles. The van der Waals surface area contributed by atoms with Crippen molar-refractivity contribution in [3.63, 3.8) is 0 Å². The molecule has 2 aromatic heterocycles. The van der Waals surface area contributed by atoms with Crippen LogP contribution in [0, 0.1) is 6.92 Å². The number of rotatable bonds is 4. The highest BCUT2D eigenvalue weighted by molar-refractivity contribution is 6.03. The van der Waals surface area contributed by atoms with E-state index in [1.165, 1.54) is 5.56 Å². The van der Waals surface area contributed by atoms with E-state index in [2.05, 4.69) is 36.1 Å². The number of carbonyl (C=O) groups is 1. The van der Waals surface area contributed by atoms with Gasteiger partial charge in [-0.05, 0) is 35.5 Å². The van der Waals surface area contributed by atoms with Gasteiger partial charge in [-0.15, -0.1) is 5.10 Å². The van der Waals surface area contributed by atoms with Crippen LogP contribution in [0.25, 0.3) is 22.6 Å². The molecule has 0 aliphatic carbocycles. The van der Waals surface area contributed by atoms with Crippen molar-refractivity contribution in [2.24, 2.45) is 0 Å². The average Bonchev–Trinajstić information content (AvgIpc) is 3.35. The topological polar surface area (TPSA) is 112 Å². The van der Waals surface area contributed by atoms with Crippen LogP contribution in [0.1, 0.15) is 16.1 Å². The Morgan fingerprint density at radius 1 is 1.00 bits per heavy atom. The van der Waals surface area contributed by atoms with E-state index >= 15 is 0 Å². The minimum atomic E-state index is -0.274. The molecular formula is C18H15N7O. The molecule has 0 atom stereocenters. The number of aromatic nitrogens is 6. The number of anilines is 1.